The molecule has 0 bridgehead atoms. The van der Waals surface area contributed by atoms with Crippen LogP contribution in [0.2, 0.25) is 12.1 Å². The zero-order valence-corrected chi connectivity index (χ0v) is 18.5. The Morgan fingerprint density at radius 2 is 1.50 bits per heavy atom. The van der Waals surface area contributed by atoms with E-state index >= 15 is 0 Å². The Kier molecular flexibility index (Phi) is 7.65. The largest absolute Gasteiger partial charge is 0.508 e. The molecule has 0 heterocycles. The number of rotatable bonds is 9. The van der Waals surface area contributed by atoms with Gasteiger partial charge in [0, 0.05) is 4.90 Å². The molecule has 0 fully saturated rings. The van der Waals surface area contributed by atoms with Crippen molar-refractivity contribution in [1.82, 2.24) is 0 Å². The Morgan fingerprint density at radius 1 is 0.923 bits per heavy atom. The zero-order valence-electron chi connectivity index (χ0n) is 16.7. The molecule has 2 aromatic rings. The first kappa shape index (κ1) is 20.9. The number of ether oxygens (including phenoxy) is 1. The molecule has 0 radical (unpaired) electrons. The van der Waals surface area contributed by atoms with Gasteiger partial charge < -0.3 is 9.84 Å². The van der Waals surface area contributed by atoms with Crippen LogP contribution in [0.4, 0.5) is 0 Å². The molecule has 0 aliphatic heterocycles. The summed E-state index contributed by atoms with van der Waals surface area (Å²) in [6, 6.07) is 18.8. The fourth-order valence-electron chi connectivity index (χ4n) is 3.91. The van der Waals surface area contributed by atoms with Crippen molar-refractivity contribution in [3.8, 4) is 11.5 Å². The summed E-state index contributed by atoms with van der Waals surface area (Å²) in [6.45, 7) is 9.34. The smallest absolute Gasteiger partial charge is 0.118 e. The van der Waals surface area contributed by atoms with Crippen LogP contribution in [-0.4, -0.2) is 25.7 Å². The van der Waals surface area contributed by atoms with Crippen LogP contribution in [0.1, 0.15) is 27.7 Å². The first-order valence-electron chi connectivity index (χ1n) is 9.41. The molecule has 2 rings (SSSR count). The van der Waals surface area contributed by atoms with Gasteiger partial charge in [-0.1, -0.05) is 58.0 Å². The molecule has 0 spiro atoms. The molecule has 0 aromatic heterocycles. The molecule has 0 amide bonds. The minimum atomic E-state index is -1.78. The van der Waals surface area contributed by atoms with Crippen molar-refractivity contribution in [2.24, 2.45) is 11.8 Å². The molecule has 142 valence electrons. The molecular weight excluding hydrogens is 356 g/mol. The number of benzene rings is 2. The lowest BCUT2D eigenvalue weighted by molar-refractivity contribution is 0.417. The molecule has 0 saturated heterocycles. The highest BCUT2D eigenvalue weighted by molar-refractivity contribution is 8.01. The Hall–Kier alpha value is -1.39. The molecule has 2 nitrogen and oxygen atoms in total. The molecule has 0 aliphatic rings. The second kappa shape index (κ2) is 9.52. The van der Waals surface area contributed by atoms with Crippen LogP contribution in [-0.2, 0) is 0 Å². The minimum absolute atomic E-state index is 0.326. The van der Waals surface area contributed by atoms with Gasteiger partial charge in [-0.2, -0.15) is 0 Å². The van der Waals surface area contributed by atoms with Gasteiger partial charge in [0.2, 0.25) is 0 Å². The molecule has 0 aliphatic carbocycles. The first-order valence-corrected chi connectivity index (χ1v) is 13.0. The van der Waals surface area contributed by atoms with Gasteiger partial charge in [-0.05, 0) is 52.7 Å². The average Bonchev–Trinajstić information content (AvgIpc) is 2.60. The van der Waals surface area contributed by atoms with Gasteiger partial charge in [0.25, 0.3) is 0 Å². The van der Waals surface area contributed by atoms with Crippen LogP contribution in [0, 0.1) is 11.8 Å². The highest BCUT2D eigenvalue weighted by Gasteiger charge is 2.38. The Labute approximate surface area is 164 Å². The monoisotopic (exact) mass is 388 g/mol. The Bertz CT molecular complexity index is 673. The number of thioether (sulfide) groups is 1. The third-order valence-electron chi connectivity index (χ3n) is 4.63. The molecule has 0 atom stereocenters. The molecule has 0 unspecified atom stereocenters. The number of methoxy groups -OCH3 is 1. The van der Waals surface area contributed by atoms with Crippen molar-refractivity contribution in [2.75, 3.05) is 12.5 Å². The Morgan fingerprint density at radius 3 is 2.04 bits per heavy atom. The van der Waals surface area contributed by atoms with E-state index in [4.69, 9.17) is 4.74 Å². The first-order chi connectivity index (χ1) is 12.4. The predicted octanol–water partition coefficient (Wildman–Crippen LogP) is 5.70. The summed E-state index contributed by atoms with van der Waals surface area (Å²) < 4.78 is 5.77. The fourth-order valence-corrected chi connectivity index (χ4v) is 12.5. The summed E-state index contributed by atoms with van der Waals surface area (Å²) in [5.74, 6) is 2.69. The van der Waals surface area contributed by atoms with Gasteiger partial charge in [0.05, 0.1) is 7.11 Å². The van der Waals surface area contributed by atoms with E-state index < -0.39 is 8.07 Å². The highest BCUT2D eigenvalue weighted by Crippen LogP contribution is 2.34. The summed E-state index contributed by atoms with van der Waals surface area (Å²) >= 11 is 1.93. The molecule has 26 heavy (non-hydrogen) atoms. The molecule has 1 N–H and O–H groups in total. The van der Waals surface area contributed by atoms with Crippen LogP contribution in [0.3, 0.4) is 0 Å². The normalized spacial score (nSPS) is 12.0. The van der Waals surface area contributed by atoms with Crippen molar-refractivity contribution in [1.29, 1.82) is 0 Å². The summed E-state index contributed by atoms with van der Waals surface area (Å²) in [4.78, 5) is 1.22. The van der Waals surface area contributed by atoms with Gasteiger partial charge in [0.15, 0.2) is 0 Å². The number of hydrogen-bond donors (Lipinski definition) is 1. The number of hydrogen-bond acceptors (Lipinski definition) is 3. The minimum Gasteiger partial charge on any atom is -0.508 e. The highest BCUT2D eigenvalue weighted by atomic mass is 32.2. The maximum Gasteiger partial charge on any atom is 0.118 e. The van der Waals surface area contributed by atoms with E-state index in [9.17, 15) is 5.11 Å². The predicted molar refractivity (Wildman–Crippen MR) is 117 cm³/mol. The van der Waals surface area contributed by atoms with E-state index in [1.165, 1.54) is 22.2 Å². The third-order valence-corrected chi connectivity index (χ3v) is 12.8. The van der Waals surface area contributed by atoms with Crippen LogP contribution < -0.4 is 9.92 Å². The Balaban J connectivity index is 2.42. The van der Waals surface area contributed by atoms with Crippen LogP contribution in [0.5, 0.6) is 11.5 Å². The van der Waals surface area contributed by atoms with E-state index in [2.05, 4.69) is 52.0 Å². The van der Waals surface area contributed by atoms with Gasteiger partial charge in [-0.15, -0.1) is 11.8 Å². The van der Waals surface area contributed by atoms with E-state index in [1.807, 2.05) is 23.9 Å². The molecule has 0 saturated carbocycles. The summed E-state index contributed by atoms with van der Waals surface area (Å²) in [5.41, 5.74) is 0. The van der Waals surface area contributed by atoms with Crippen molar-refractivity contribution < 1.29 is 9.84 Å². The van der Waals surface area contributed by atoms with Gasteiger partial charge in [-0.25, -0.2) is 0 Å². The van der Waals surface area contributed by atoms with Crippen LogP contribution in [0.15, 0.2) is 53.4 Å². The quantitative estimate of drug-likeness (QED) is 0.441. The van der Waals surface area contributed by atoms with E-state index in [0.29, 0.717) is 17.6 Å². The topological polar surface area (TPSA) is 29.5 Å². The van der Waals surface area contributed by atoms with Gasteiger partial charge >= 0.3 is 0 Å². The third kappa shape index (κ3) is 5.55. The van der Waals surface area contributed by atoms with E-state index in [1.54, 1.807) is 19.2 Å². The second-order valence-electron chi connectivity index (χ2n) is 7.96. The van der Waals surface area contributed by atoms with Crippen molar-refractivity contribution in [3.63, 3.8) is 0 Å². The van der Waals surface area contributed by atoms with Crippen molar-refractivity contribution >= 4 is 25.0 Å². The maximum atomic E-state index is 9.55. The standard InChI is InChI=1S/C22H32O2SSi/c1-17(2)14-26(15-18(3)4,22-9-7-6-8-21(22)24-5)16-25-20-12-10-19(23)11-13-20/h6-13,17-18,23H,14-16H2,1-5H3. The van der Waals surface area contributed by atoms with Gasteiger partial charge in [0.1, 0.15) is 19.6 Å². The number of phenols is 1. The average molecular weight is 389 g/mol. The lowest BCUT2D eigenvalue weighted by Crippen LogP contribution is -2.53. The lowest BCUT2D eigenvalue weighted by atomic mass is 10.3. The lowest BCUT2D eigenvalue weighted by Gasteiger charge is -2.36. The second-order valence-corrected chi connectivity index (χ2v) is 13.8. The SMILES string of the molecule is COc1ccccc1[Si](CSc1ccc(O)cc1)(CC(C)C)CC(C)C. The maximum absolute atomic E-state index is 9.55. The van der Waals surface area contributed by atoms with Crippen molar-refractivity contribution in [2.45, 2.75) is 44.7 Å². The summed E-state index contributed by atoms with van der Waals surface area (Å²) in [5, 5.41) is 12.1. The van der Waals surface area contributed by atoms with Crippen LogP contribution in [0.25, 0.3) is 0 Å². The summed E-state index contributed by atoms with van der Waals surface area (Å²) in [6.07, 6.45) is 0. The molecule has 2 aromatic carbocycles. The number of phenolic OH excluding ortho intramolecular Hbond substituents is 1. The van der Waals surface area contributed by atoms with Crippen molar-refractivity contribution in [3.05, 3.63) is 48.5 Å². The number of para-hydroxylation sites is 1. The zero-order chi connectivity index (χ0) is 19.2. The molecule has 4 heteroatoms. The van der Waals surface area contributed by atoms with E-state index in [0.717, 1.165) is 11.1 Å². The fraction of sp³-hybridized carbons (Fsp3) is 0.455. The van der Waals surface area contributed by atoms with Gasteiger partial charge in [-0.3, -0.25) is 0 Å². The van der Waals surface area contributed by atoms with Crippen LogP contribution >= 0.6 is 11.8 Å². The van der Waals surface area contributed by atoms with E-state index in [-0.39, 0.29) is 0 Å². The number of aromatic hydroxyl groups is 1. The molecular formula is C22H32O2SSi. The summed E-state index contributed by atoms with van der Waals surface area (Å²) in [7, 11) is 0.00332.